The van der Waals surface area contributed by atoms with Gasteiger partial charge in [-0.05, 0) is 17.7 Å². The van der Waals surface area contributed by atoms with E-state index in [-0.39, 0.29) is 10.9 Å². The average molecular weight is 333 g/mol. The lowest BCUT2D eigenvalue weighted by Gasteiger charge is -2.09. The quantitative estimate of drug-likeness (QED) is 0.796. The molecule has 0 aliphatic rings. The second-order valence-corrected chi connectivity index (χ2v) is 6.81. The summed E-state index contributed by atoms with van der Waals surface area (Å²) in [5, 5.41) is 9.21. The minimum Gasteiger partial charge on any atom is -0.476 e. The molecule has 2 aromatic carbocycles. The third kappa shape index (κ3) is 2.59. The largest absolute Gasteiger partial charge is 0.476 e. The van der Waals surface area contributed by atoms with Crippen molar-refractivity contribution in [1.29, 1.82) is 0 Å². The van der Waals surface area contributed by atoms with E-state index >= 15 is 0 Å². The molecule has 1 N–H and O–H groups in total. The molecule has 3 rings (SSSR count). The molecule has 7 heteroatoms. The number of fused-ring (bicyclic) bond motifs is 1. The number of halogens is 1. The van der Waals surface area contributed by atoms with Gasteiger partial charge in [0.1, 0.15) is 0 Å². The third-order valence-corrected chi connectivity index (χ3v) is 5.08. The number of hydrogen-bond donors (Lipinski definition) is 1. The van der Waals surface area contributed by atoms with E-state index in [0.717, 1.165) is 0 Å². The lowest BCUT2D eigenvalue weighted by atomic mass is 10.2. The molecular weight excluding hydrogens is 321 g/mol. The Bertz CT molecular complexity index is 994. The zero-order valence-corrected chi connectivity index (χ0v) is 12.6. The topological polar surface area (TPSA) is 76.4 Å². The predicted molar refractivity (Wildman–Crippen MR) is 83.3 cm³/mol. The van der Waals surface area contributed by atoms with E-state index in [1.807, 2.05) is 0 Å². The fourth-order valence-corrected chi connectivity index (χ4v) is 4.13. The van der Waals surface area contributed by atoms with E-state index in [2.05, 4.69) is 0 Å². The molecule has 0 aliphatic heterocycles. The summed E-state index contributed by atoms with van der Waals surface area (Å²) in [6.45, 7) is 0. The molecule has 0 bridgehead atoms. The Morgan fingerprint density at radius 2 is 1.65 bits per heavy atom. The van der Waals surface area contributed by atoms with Crippen LogP contribution in [0.3, 0.4) is 0 Å². The van der Waals surface area contributed by atoms with Crippen molar-refractivity contribution >= 4 is 26.9 Å². The smallest absolute Gasteiger partial charge is 0.356 e. The van der Waals surface area contributed by atoms with Crippen LogP contribution in [0, 0.1) is 5.82 Å². The Balaban J connectivity index is 2.26. The number of carboxylic acid groups (broad SMARTS) is 1. The van der Waals surface area contributed by atoms with Crippen LogP contribution in [0.4, 0.5) is 4.39 Å². The maximum absolute atomic E-state index is 14.3. The van der Waals surface area contributed by atoms with Crippen LogP contribution < -0.4 is 0 Å². The first-order valence-electron chi connectivity index (χ1n) is 6.71. The predicted octanol–water partition coefficient (Wildman–Crippen LogP) is 2.86. The van der Waals surface area contributed by atoms with Crippen molar-refractivity contribution in [1.82, 2.24) is 3.97 Å². The van der Waals surface area contributed by atoms with Crippen molar-refractivity contribution in [2.24, 2.45) is 0 Å². The van der Waals surface area contributed by atoms with Crippen molar-refractivity contribution in [2.45, 2.75) is 5.75 Å². The standard InChI is InChI=1S/C16H12FNO4S/c17-14-12-8-4-5-9-13(12)18(15(14)16(19)20)23(21,22)10-11-6-2-1-3-7-11/h1-9H,10H2,(H,19,20). The van der Waals surface area contributed by atoms with Crippen LogP contribution in [-0.2, 0) is 15.8 Å². The summed E-state index contributed by atoms with van der Waals surface area (Å²) in [4.78, 5) is 11.4. The molecule has 0 saturated carbocycles. The number of carboxylic acids is 1. The van der Waals surface area contributed by atoms with Crippen molar-refractivity contribution in [2.75, 3.05) is 0 Å². The molecule has 0 atom stereocenters. The van der Waals surface area contributed by atoms with Gasteiger partial charge in [0, 0.05) is 5.39 Å². The van der Waals surface area contributed by atoms with E-state index in [0.29, 0.717) is 9.54 Å². The highest BCUT2D eigenvalue weighted by atomic mass is 32.2. The van der Waals surface area contributed by atoms with Crippen molar-refractivity contribution < 1.29 is 22.7 Å². The highest BCUT2D eigenvalue weighted by Crippen LogP contribution is 2.27. The van der Waals surface area contributed by atoms with E-state index in [9.17, 15) is 22.7 Å². The van der Waals surface area contributed by atoms with Gasteiger partial charge in [0.15, 0.2) is 11.5 Å². The van der Waals surface area contributed by atoms with Crippen molar-refractivity contribution in [3.8, 4) is 0 Å². The van der Waals surface area contributed by atoms with Crippen LogP contribution in [0.15, 0.2) is 54.6 Å². The highest BCUT2D eigenvalue weighted by molar-refractivity contribution is 7.89. The first-order chi connectivity index (χ1) is 10.9. The zero-order valence-electron chi connectivity index (χ0n) is 11.8. The fraction of sp³-hybridized carbons (Fsp3) is 0.0625. The number of aromatic carboxylic acids is 1. The van der Waals surface area contributed by atoms with Crippen LogP contribution in [-0.4, -0.2) is 23.5 Å². The Morgan fingerprint density at radius 1 is 1.04 bits per heavy atom. The van der Waals surface area contributed by atoms with Gasteiger partial charge >= 0.3 is 5.97 Å². The summed E-state index contributed by atoms with van der Waals surface area (Å²) >= 11 is 0. The van der Waals surface area contributed by atoms with E-state index in [4.69, 9.17) is 0 Å². The van der Waals surface area contributed by atoms with Gasteiger partial charge in [-0.2, -0.15) is 0 Å². The Labute approximate surface area is 131 Å². The molecule has 0 spiro atoms. The second-order valence-electron chi connectivity index (χ2n) is 4.99. The minimum absolute atomic E-state index is 0.0123. The highest BCUT2D eigenvalue weighted by Gasteiger charge is 2.29. The molecule has 0 amide bonds. The molecule has 3 aromatic rings. The molecule has 0 aliphatic carbocycles. The molecule has 0 radical (unpaired) electrons. The van der Waals surface area contributed by atoms with Gasteiger partial charge in [-0.1, -0.05) is 42.5 Å². The first-order valence-corrected chi connectivity index (χ1v) is 8.32. The number of para-hydroxylation sites is 1. The molecule has 0 unspecified atom stereocenters. The maximum atomic E-state index is 14.3. The molecule has 1 aromatic heterocycles. The Hall–Kier alpha value is -2.67. The van der Waals surface area contributed by atoms with Crippen LogP contribution in [0.2, 0.25) is 0 Å². The van der Waals surface area contributed by atoms with Crippen LogP contribution in [0.25, 0.3) is 10.9 Å². The molecule has 5 nitrogen and oxygen atoms in total. The summed E-state index contributed by atoms with van der Waals surface area (Å²) in [6.07, 6.45) is 0. The molecule has 1 heterocycles. The van der Waals surface area contributed by atoms with E-state index in [1.165, 1.54) is 24.3 Å². The van der Waals surface area contributed by atoms with Gasteiger partial charge in [-0.25, -0.2) is 21.6 Å². The molecule has 23 heavy (non-hydrogen) atoms. The average Bonchev–Trinajstić information content (AvgIpc) is 2.82. The number of benzene rings is 2. The third-order valence-electron chi connectivity index (χ3n) is 3.44. The van der Waals surface area contributed by atoms with Crippen LogP contribution in [0.5, 0.6) is 0 Å². The van der Waals surface area contributed by atoms with Gasteiger partial charge in [0.05, 0.1) is 11.3 Å². The van der Waals surface area contributed by atoms with Crippen LogP contribution >= 0.6 is 0 Å². The van der Waals surface area contributed by atoms with E-state index in [1.54, 1.807) is 30.3 Å². The molecular formula is C16H12FNO4S. The SMILES string of the molecule is O=C(O)c1c(F)c2ccccc2n1S(=O)(=O)Cc1ccccc1. The second kappa shape index (κ2) is 5.51. The van der Waals surface area contributed by atoms with Gasteiger partial charge < -0.3 is 5.11 Å². The lowest BCUT2D eigenvalue weighted by Crippen LogP contribution is -2.20. The summed E-state index contributed by atoms with van der Waals surface area (Å²) < 4.78 is 40.3. The van der Waals surface area contributed by atoms with Gasteiger partial charge in [0.2, 0.25) is 10.0 Å². The Kier molecular flexibility index (Phi) is 3.65. The monoisotopic (exact) mass is 333 g/mol. The summed E-state index contributed by atoms with van der Waals surface area (Å²) in [6, 6.07) is 14.1. The Morgan fingerprint density at radius 3 is 2.30 bits per heavy atom. The lowest BCUT2D eigenvalue weighted by molar-refractivity contribution is 0.0684. The maximum Gasteiger partial charge on any atom is 0.356 e. The summed E-state index contributed by atoms with van der Waals surface area (Å²) in [5.74, 6) is -3.10. The van der Waals surface area contributed by atoms with E-state index < -0.39 is 33.3 Å². The number of nitrogens with zero attached hydrogens (tertiary/aromatic N) is 1. The molecule has 0 saturated heterocycles. The fourth-order valence-electron chi connectivity index (χ4n) is 2.49. The van der Waals surface area contributed by atoms with Gasteiger partial charge in [0.25, 0.3) is 0 Å². The normalized spacial score (nSPS) is 11.7. The summed E-state index contributed by atoms with van der Waals surface area (Å²) in [7, 11) is -4.10. The summed E-state index contributed by atoms with van der Waals surface area (Å²) in [5.41, 5.74) is -0.373. The van der Waals surface area contributed by atoms with Crippen molar-refractivity contribution in [3.05, 3.63) is 71.7 Å². The molecule has 118 valence electrons. The zero-order chi connectivity index (χ0) is 16.6. The number of rotatable bonds is 4. The first kappa shape index (κ1) is 15.2. The number of carbonyl (C=O) groups is 1. The molecule has 0 fully saturated rings. The minimum atomic E-state index is -4.10. The van der Waals surface area contributed by atoms with Gasteiger partial charge in [-0.3, -0.25) is 0 Å². The number of aromatic nitrogens is 1. The van der Waals surface area contributed by atoms with Crippen LogP contribution in [0.1, 0.15) is 16.1 Å². The van der Waals surface area contributed by atoms with Crippen molar-refractivity contribution in [3.63, 3.8) is 0 Å². The number of hydrogen-bond acceptors (Lipinski definition) is 3. The van der Waals surface area contributed by atoms with Gasteiger partial charge in [-0.15, -0.1) is 0 Å².